The number of carboxylic acid groups (broad SMARTS) is 4. The summed E-state index contributed by atoms with van der Waals surface area (Å²) in [7, 11) is 0. The van der Waals surface area contributed by atoms with Gasteiger partial charge in [-0.05, 0) is 103 Å². The lowest BCUT2D eigenvalue weighted by Crippen LogP contribution is -2.63. The number of nitrogens with two attached hydrogens (primary N) is 2. The molecule has 0 heterocycles. The van der Waals surface area contributed by atoms with Crippen molar-refractivity contribution in [2.24, 2.45) is 41.1 Å². The number of rotatable bonds is 63. The van der Waals surface area contributed by atoms with E-state index in [2.05, 4.69) is 85.1 Å². The monoisotopic (exact) mass is 2010 g/mol. The van der Waals surface area contributed by atoms with Gasteiger partial charge in [0, 0.05) is 6.42 Å². The molecule has 0 aliphatic heterocycles. The third kappa shape index (κ3) is 44.5. The zero-order chi connectivity index (χ0) is 108. The van der Waals surface area contributed by atoms with Crippen LogP contribution < -0.4 is 112 Å². The first-order valence-electron chi connectivity index (χ1n) is 45.5. The van der Waals surface area contributed by atoms with Gasteiger partial charge in [-0.3, -0.25) is 110 Å². The average molecular weight is 2010 g/mol. The molecule has 0 aliphatic carbocycles. The van der Waals surface area contributed by atoms with Crippen molar-refractivity contribution in [3.05, 3.63) is 35.9 Å². The topological polar surface area (TPSA) is 872 Å². The number of aliphatic hydroxyl groups is 5. The molecule has 0 fully saturated rings. The van der Waals surface area contributed by atoms with Gasteiger partial charge in [0.05, 0.1) is 69.3 Å². The van der Waals surface area contributed by atoms with Crippen LogP contribution in [0.1, 0.15) is 182 Å². The Labute approximate surface area is 812 Å². The molecule has 0 radical (unpaired) electrons. The minimum atomic E-state index is -2.23. The van der Waals surface area contributed by atoms with E-state index < -0.39 is 344 Å². The first kappa shape index (κ1) is 125. The molecule has 1 rings (SSSR count). The van der Waals surface area contributed by atoms with Gasteiger partial charge < -0.3 is 158 Å². The first-order valence-corrected chi connectivity index (χ1v) is 45.5. The molecule has 0 bridgehead atoms. The highest BCUT2D eigenvalue weighted by Crippen LogP contribution is 2.17. The Bertz CT molecular complexity index is 4540. The second kappa shape index (κ2) is 61.0. The maximum Gasteiger partial charge on any atom is 0.328 e. The zero-order valence-electron chi connectivity index (χ0n) is 81.8. The predicted octanol–water partition coefficient (Wildman–Crippen LogP) is -10.8. The molecule has 0 aliphatic rings. The van der Waals surface area contributed by atoms with E-state index in [0.717, 1.165) is 41.5 Å². The number of primary amides is 1. The SMILES string of the molecule is CC[C@H](C)[C@H](N)C(=O)N[C@@H](C)C(=O)N[C@@H](CC(C)C)C(=O)N[C@@H](C)C(=O)N[C@@H](CC(N)=O)C(=O)N[C@@H](C)C(=O)N[C@H](C(=O)N[C@@H](C)C(=O)N[C@H](C(=O)N[C@H](C(=O)N[C@@H](Cc1ccccc1)C(=O)N[C@@H](CC(=O)O)C(=O)N[C@H](C(=O)N[C@@H](CC(C)C)C(=O)N[C@@H](CC(=O)O)C(=O)N[C@H](C(=O)N[C@@H](CC(=O)O)C(=O)NCC(=O)N[C@@H](CO)C(=O)N[C@H](C(=O)O)[C@@H](C)O)[C@@H](C)CC)[C@@H](C)O)[C@@H](C)O)C(C)C)[C@@H](C)O. The van der Waals surface area contributed by atoms with E-state index in [0.29, 0.717) is 12.0 Å². The number of benzene rings is 1. The highest BCUT2D eigenvalue weighted by molar-refractivity contribution is 6.03. The van der Waals surface area contributed by atoms with Gasteiger partial charge in [-0.15, -0.1) is 0 Å². The molecule has 1 aromatic carbocycles. The standard InChI is InChI=1S/C87H141N21O33/c1-19-38(9)62(89)81(134)93-41(12)70(123)96-49(26-35(3)4)74(127)91-40(11)69(122)97-52(29-57(88)114)75(128)92-42(13)72(125)105-65(44(15)110)84(137)94-43(14)71(124)103-63(37(7)8)82(135)107-67(46(17)112)86(139)101-51(28-48-24-22-21-23-25-48)77(130)99-55(32-61(120)121)79(132)106-66(45(16)111)85(138)100-50(27-36(5)6)76(129)98-54(31-60(118)119)78(131)104-64(39(10)20-2)83(136)102-53(30-59(116)117)73(126)90-33-58(115)95-56(34-109)80(133)108-68(47(18)113)87(140)141/h21-25,35-47,49-56,62-68,109-113H,19-20,26-34,89H2,1-18H3,(H2,88,114)(H,90,126)(H,91,127)(H,92,128)(H,93,134)(H,94,137)(H,95,115)(H,96,123)(H,97,122)(H,98,129)(H,99,130)(H,100,138)(H,101,139)(H,102,136)(H,103,124)(H,104,131)(H,105,125)(H,106,132)(H,107,135)(H,108,133)(H,116,117)(H,118,119)(H,120,121)(H,140,141)/t38-,39-,40-,41-,42-,43-,44+,45+,46+,47+,49-,50-,51-,52-,53-,54-,55-,56-,62-,63-,64-,65-,66-,67-,68-/m0/s1. The third-order valence-electron chi connectivity index (χ3n) is 21.8. The van der Waals surface area contributed by atoms with Crippen LogP contribution in [0, 0.1) is 29.6 Å². The molecule has 54 heteroatoms. The Morgan fingerprint density at radius 2 is 0.582 bits per heavy atom. The summed E-state index contributed by atoms with van der Waals surface area (Å²) < 4.78 is 0. The number of nitrogens with one attached hydrogen (secondary N) is 19. The van der Waals surface area contributed by atoms with Crippen molar-refractivity contribution in [3.8, 4) is 0 Å². The van der Waals surface area contributed by atoms with Crippen LogP contribution in [0.2, 0.25) is 0 Å². The average Bonchev–Trinajstić information content (AvgIpc) is 0.832. The number of aliphatic carboxylic acids is 4. The van der Waals surface area contributed by atoms with Crippen LogP contribution in [-0.2, 0) is 121 Å². The highest BCUT2D eigenvalue weighted by Gasteiger charge is 2.43. The van der Waals surface area contributed by atoms with Crippen LogP contribution in [0.15, 0.2) is 30.3 Å². The van der Waals surface area contributed by atoms with E-state index in [4.69, 9.17) is 11.5 Å². The quantitative estimate of drug-likeness (QED) is 0.0288. The fourth-order valence-corrected chi connectivity index (χ4v) is 13.1. The number of carbonyl (C=O) groups is 24. The van der Waals surface area contributed by atoms with E-state index in [1.165, 1.54) is 79.7 Å². The van der Waals surface area contributed by atoms with Gasteiger partial charge in [-0.2, -0.15) is 0 Å². The second-order valence-corrected chi connectivity index (χ2v) is 35.5. The number of carboxylic acids is 4. The lowest BCUT2D eigenvalue weighted by molar-refractivity contribution is -0.145. The van der Waals surface area contributed by atoms with Crippen molar-refractivity contribution < 1.29 is 161 Å². The van der Waals surface area contributed by atoms with Crippen LogP contribution in [0.5, 0.6) is 0 Å². The Morgan fingerprint density at radius 3 is 0.972 bits per heavy atom. The van der Waals surface area contributed by atoms with Gasteiger partial charge in [-0.25, -0.2) is 4.79 Å². The molecular formula is C87H141N21O33. The molecule has 141 heavy (non-hydrogen) atoms. The van der Waals surface area contributed by atoms with Gasteiger partial charge in [0.2, 0.25) is 118 Å². The molecule has 792 valence electrons. The summed E-state index contributed by atoms with van der Waals surface area (Å²) in [4.78, 5) is 322. The number of amides is 20. The smallest absolute Gasteiger partial charge is 0.328 e. The lowest BCUT2D eigenvalue weighted by Gasteiger charge is -2.30. The molecular weight excluding hydrogens is 1870 g/mol. The second-order valence-electron chi connectivity index (χ2n) is 35.5. The number of aliphatic hydroxyl groups excluding tert-OH is 5. The number of carbonyl (C=O) groups excluding carboxylic acids is 20. The molecule has 0 saturated heterocycles. The zero-order valence-corrected chi connectivity index (χ0v) is 81.8. The lowest BCUT2D eigenvalue weighted by atomic mass is 9.97. The van der Waals surface area contributed by atoms with Gasteiger partial charge >= 0.3 is 23.9 Å². The Morgan fingerprint density at radius 1 is 0.298 bits per heavy atom. The normalized spacial score (nSPS) is 16.6. The molecule has 25 atom stereocenters. The van der Waals surface area contributed by atoms with Crippen LogP contribution in [0.3, 0.4) is 0 Å². The van der Waals surface area contributed by atoms with Crippen LogP contribution >= 0.6 is 0 Å². The van der Waals surface area contributed by atoms with Crippen LogP contribution in [-0.4, -0.2) is 340 Å². The van der Waals surface area contributed by atoms with Crippen molar-refractivity contribution in [2.75, 3.05) is 13.2 Å². The maximum atomic E-state index is 14.6. The first-order chi connectivity index (χ1) is 65.4. The molecule has 0 saturated carbocycles. The van der Waals surface area contributed by atoms with Gasteiger partial charge in [-0.1, -0.05) is 112 Å². The third-order valence-corrected chi connectivity index (χ3v) is 21.8. The van der Waals surface area contributed by atoms with Gasteiger partial charge in [0.15, 0.2) is 6.04 Å². The molecule has 54 nitrogen and oxygen atoms in total. The summed E-state index contributed by atoms with van der Waals surface area (Å²) in [6.45, 7) is 22.5. The number of hydrogen-bond donors (Lipinski definition) is 30. The largest absolute Gasteiger partial charge is 0.481 e. The molecule has 32 N–H and O–H groups in total. The highest BCUT2D eigenvalue weighted by atomic mass is 16.4. The maximum absolute atomic E-state index is 14.6. The van der Waals surface area contributed by atoms with E-state index in [-0.39, 0.29) is 31.1 Å². The Hall–Kier alpha value is -13.7. The van der Waals surface area contributed by atoms with E-state index >= 15 is 0 Å². The molecule has 0 spiro atoms. The summed E-state index contributed by atoms with van der Waals surface area (Å²) in [5, 5.41) is 134. The van der Waals surface area contributed by atoms with Crippen molar-refractivity contribution in [1.29, 1.82) is 0 Å². The van der Waals surface area contributed by atoms with E-state index in [1.54, 1.807) is 26.8 Å². The summed E-state index contributed by atoms with van der Waals surface area (Å²) in [6.07, 6.45) is -12.0. The summed E-state index contributed by atoms with van der Waals surface area (Å²) in [5.74, 6) is -33.4. The summed E-state index contributed by atoms with van der Waals surface area (Å²) in [6, 6.07) is -25.7. The van der Waals surface area contributed by atoms with Crippen molar-refractivity contribution in [2.45, 2.75) is 322 Å². The Kier molecular flexibility index (Phi) is 54.2. The van der Waals surface area contributed by atoms with Gasteiger partial charge in [0.1, 0.15) is 103 Å². The predicted molar refractivity (Wildman–Crippen MR) is 493 cm³/mol. The minimum Gasteiger partial charge on any atom is -0.481 e. The molecule has 20 amide bonds. The summed E-state index contributed by atoms with van der Waals surface area (Å²) >= 11 is 0. The fourth-order valence-electron chi connectivity index (χ4n) is 13.1. The van der Waals surface area contributed by atoms with Crippen molar-refractivity contribution >= 4 is 142 Å². The van der Waals surface area contributed by atoms with Gasteiger partial charge in [0.25, 0.3) is 0 Å². The van der Waals surface area contributed by atoms with Crippen molar-refractivity contribution in [3.63, 3.8) is 0 Å². The summed E-state index contributed by atoms with van der Waals surface area (Å²) in [5.41, 5.74) is 11.7. The van der Waals surface area contributed by atoms with Crippen molar-refractivity contribution in [1.82, 2.24) is 101 Å². The van der Waals surface area contributed by atoms with E-state index in [9.17, 15) is 161 Å². The minimum absolute atomic E-state index is 0.0283. The molecule has 0 aromatic heterocycles. The molecule has 1 aromatic rings. The molecule has 0 unspecified atom stereocenters. The number of hydrogen-bond acceptors (Lipinski definition) is 30. The van der Waals surface area contributed by atoms with Crippen LogP contribution in [0.25, 0.3) is 0 Å². The Balaban J connectivity index is 3.50. The fraction of sp³-hybridized carbons (Fsp3) is 0.655. The van der Waals surface area contributed by atoms with Crippen LogP contribution in [0.4, 0.5) is 0 Å². The van der Waals surface area contributed by atoms with E-state index in [1.807, 2.05) is 22.9 Å².